The first-order chi connectivity index (χ1) is 8.18. The molecule has 6 heteroatoms. The van der Waals surface area contributed by atoms with Crippen LogP contribution >= 0.6 is 0 Å². The van der Waals surface area contributed by atoms with Gasteiger partial charge in [-0.25, -0.2) is 0 Å². The number of benzene rings is 1. The predicted molar refractivity (Wildman–Crippen MR) is 59.5 cm³/mol. The molecule has 2 aromatic rings. The third kappa shape index (κ3) is 2.36. The Morgan fingerprint density at radius 2 is 2.24 bits per heavy atom. The van der Waals surface area contributed by atoms with Gasteiger partial charge in [-0.15, -0.1) is 0 Å². The summed E-state index contributed by atoms with van der Waals surface area (Å²) in [7, 11) is 0. The Morgan fingerprint density at radius 1 is 1.41 bits per heavy atom. The van der Waals surface area contributed by atoms with Gasteiger partial charge < -0.3 is 15.5 Å². The molecular weight excluding hydrogens is 222 g/mol. The number of phenols is 2. The number of para-hydroxylation sites is 1. The number of aromatic hydroxyl groups is 2. The number of hydrogen-bond donors (Lipinski definition) is 4. The van der Waals surface area contributed by atoms with Crippen molar-refractivity contribution >= 4 is 5.91 Å². The number of amides is 1. The number of nitrogens with one attached hydrogen (secondary N) is 2. The molecule has 88 valence electrons. The number of carbonyl (C=O) groups is 1. The lowest BCUT2D eigenvalue weighted by molar-refractivity contribution is 0.0947. The van der Waals surface area contributed by atoms with Crippen LogP contribution in [0.15, 0.2) is 30.6 Å². The standard InChI is InChI=1S/C11H11N3O3/c15-9-3-1-2-8(10(9)16)11(17)12-4-7-5-13-14-6-7/h1-3,5-6,15-16H,4H2,(H,12,17)(H,13,14). The Hall–Kier alpha value is -2.50. The van der Waals surface area contributed by atoms with E-state index in [-0.39, 0.29) is 11.3 Å². The van der Waals surface area contributed by atoms with E-state index in [0.29, 0.717) is 6.54 Å². The van der Waals surface area contributed by atoms with Crippen molar-refractivity contribution in [1.29, 1.82) is 0 Å². The van der Waals surface area contributed by atoms with Gasteiger partial charge in [-0.05, 0) is 12.1 Å². The van der Waals surface area contributed by atoms with E-state index in [1.165, 1.54) is 18.2 Å². The van der Waals surface area contributed by atoms with Crippen LogP contribution in [0.5, 0.6) is 11.5 Å². The van der Waals surface area contributed by atoms with Gasteiger partial charge in [-0.1, -0.05) is 6.07 Å². The maximum Gasteiger partial charge on any atom is 0.255 e. The number of carbonyl (C=O) groups excluding carboxylic acids is 1. The normalized spacial score (nSPS) is 10.1. The molecule has 2 rings (SSSR count). The Balaban J connectivity index is 2.07. The summed E-state index contributed by atoms with van der Waals surface area (Å²) in [4.78, 5) is 11.7. The molecule has 1 amide bonds. The molecule has 0 saturated carbocycles. The van der Waals surface area contributed by atoms with Crippen molar-refractivity contribution < 1.29 is 15.0 Å². The first-order valence-electron chi connectivity index (χ1n) is 4.95. The molecule has 17 heavy (non-hydrogen) atoms. The quantitative estimate of drug-likeness (QED) is 0.588. The molecular formula is C11H11N3O3. The van der Waals surface area contributed by atoms with Crippen molar-refractivity contribution in [2.45, 2.75) is 6.54 Å². The second-order valence-electron chi connectivity index (χ2n) is 3.46. The SMILES string of the molecule is O=C(NCc1cn[nH]c1)c1cccc(O)c1O. The van der Waals surface area contributed by atoms with Gasteiger partial charge in [0.1, 0.15) is 0 Å². The molecule has 0 fully saturated rings. The maximum absolute atomic E-state index is 11.7. The summed E-state index contributed by atoms with van der Waals surface area (Å²) in [6.07, 6.45) is 3.24. The minimum Gasteiger partial charge on any atom is -0.504 e. The van der Waals surface area contributed by atoms with Crippen LogP contribution in [-0.4, -0.2) is 26.3 Å². The van der Waals surface area contributed by atoms with E-state index in [2.05, 4.69) is 15.5 Å². The third-order valence-electron chi connectivity index (χ3n) is 2.27. The average molecular weight is 233 g/mol. The summed E-state index contributed by atoms with van der Waals surface area (Å²) in [5.41, 5.74) is 0.853. The minimum atomic E-state index is -0.459. The second-order valence-corrected chi connectivity index (χ2v) is 3.46. The van der Waals surface area contributed by atoms with Crippen LogP contribution in [0.25, 0.3) is 0 Å². The van der Waals surface area contributed by atoms with Crippen LogP contribution in [-0.2, 0) is 6.54 Å². The smallest absolute Gasteiger partial charge is 0.255 e. The highest BCUT2D eigenvalue weighted by molar-refractivity contribution is 5.97. The van der Waals surface area contributed by atoms with Crippen LogP contribution in [0.2, 0.25) is 0 Å². The van der Waals surface area contributed by atoms with Crippen LogP contribution in [0.4, 0.5) is 0 Å². The van der Waals surface area contributed by atoms with Crippen molar-refractivity contribution in [2.75, 3.05) is 0 Å². The first kappa shape index (κ1) is 11.0. The molecule has 0 unspecified atom stereocenters. The highest BCUT2D eigenvalue weighted by Crippen LogP contribution is 2.27. The molecule has 0 aliphatic heterocycles. The van der Waals surface area contributed by atoms with Crippen molar-refractivity contribution in [1.82, 2.24) is 15.5 Å². The lowest BCUT2D eigenvalue weighted by Gasteiger charge is -2.06. The van der Waals surface area contributed by atoms with Crippen LogP contribution in [0, 0.1) is 0 Å². The van der Waals surface area contributed by atoms with Crippen molar-refractivity contribution in [3.05, 3.63) is 41.7 Å². The fourth-order valence-corrected chi connectivity index (χ4v) is 1.37. The second kappa shape index (κ2) is 4.56. The van der Waals surface area contributed by atoms with E-state index in [4.69, 9.17) is 0 Å². The Bertz CT molecular complexity index is 523. The van der Waals surface area contributed by atoms with Crippen LogP contribution in [0.1, 0.15) is 15.9 Å². The molecule has 1 aromatic carbocycles. The summed E-state index contributed by atoms with van der Waals surface area (Å²) < 4.78 is 0. The minimum absolute atomic E-state index is 0.0356. The van der Waals surface area contributed by atoms with Crippen LogP contribution in [0.3, 0.4) is 0 Å². The lowest BCUT2D eigenvalue weighted by atomic mass is 10.1. The number of rotatable bonds is 3. The van der Waals surface area contributed by atoms with Crippen molar-refractivity contribution in [2.24, 2.45) is 0 Å². The molecule has 0 aliphatic rings. The average Bonchev–Trinajstić information content (AvgIpc) is 2.82. The summed E-state index contributed by atoms with van der Waals surface area (Å²) in [5, 5.41) is 27.7. The largest absolute Gasteiger partial charge is 0.504 e. The zero-order chi connectivity index (χ0) is 12.3. The monoisotopic (exact) mass is 233 g/mol. The Labute approximate surface area is 96.9 Å². The van der Waals surface area contributed by atoms with E-state index >= 15 is 0 Å². The molecule has 6 nitrogen and oxygen atoms in total. The molecule has 0 radical (unpaired) electrons. The van der Waals surface area contributed by atoms with Gasteiger partial charge in [0.05, 0.1) is 11.8 Å². The number of H-pyrrole nitrogens is 1. The fraction of sp³-hybridized carbons (Fsp3) is 0.0909. The lowest BCUT2D eigenvalue weighted by Crippen LogP contribution is -2.22. The van der Waals surface area contributed by atoms with Crippen molar-refractivity contribution in [3.8, 4) is 11.5 Å². The van der Waals surface area contributed by atoms with E-state index in [1.807, 2.05) is 0 Å². The van der Waals surface area contributed by atoms with Gasteiger partial charge in [0, 0.05) is 18.3 Å². The summed E-state index contributed by atoms with van der Waals surface area (Å²) in [5.74, 6) is -1.20. The topological polar surface area (TPSA) is 98.2 Å². The Kier molecular flexibility index (Phi) is 2.95. The van der Waals surface area contributed by atoms with E-state index in [0.717, 1.165) is 5.56 Å². The number of aromatic nitrogens is 2. The molecule has 0 bridgehead atoms. The highest BCUT2D eigenvalue weighted by Gasteiger charge is 2.13. The summed E-state index contributed by atoms with van der Waals surface area (Å²) >= 11 is 0. The zero-order valence-electron chi connectivity index (χ0n) is 8.84. The predicted octanol–water partition coefficient (Wildman–Crippen LogP) is 0.751. The van der Waals surface area contributed by atoms with Gasteiger partial charge in [0.2, 0.25) is 0 Å². The summed E-state index contributed by atoms with van der Waals surface area (Å²) in [6, 6.07) is 4.23. The number of nitrogens with zero attached hydrogens (tertiary/aromatic N) is 1. The molecule has 1 aromatic heterocycles. The molecule has 0 spiro atoms. The molecule has 1 heterocycles. The van der Waals surface area contributed by atoms with Gasteiger partial charge in [-0.3, -0.25) is 9.89 Å². The van der Waals surface area contributed by atoms with E-state index < -0.39 is 11.7 Å². The van der Waals surface area contributed by atoms with Gasteiger partial charge in [0.25, 0.3) is 5.91 Å². The molecule has 0 aliphatic carbocycles. The molecule has 0 saturated heterocycles. The summed E-state index contributed by atoms with van der Waals surface area (Å²) in [6.45, 7) is 0.296. The van der Waals surface area contributed by atoms with E-state index in [9.17, 15) is 15.0 Å². The van der Waals surface area contributed by atoms with Gasteiger partial charge in [0.15, 0.2) is 11.5 Å². The van der Waals surface area contributed by atoms with Gasteiger partial charge in [-0.2, -0.15) is 5.10 Å². The highest BCUT2D eigenvalue weighted by atomic mass is 16.3. The third-order valence-corrected chi connectivity index (χ3v) is 2.27. The number of aromatic amines is 1. The van der Waals surface area contributed by atoms with Crippen molar-refractivity contribution in [3.63, 3.8) is 0 Å². The molecule has 0 atom stereocenters. The fourth-order valence-electron chi connectivity index (χ4n) is 1.37. The van der Waals surface area contributed by atoms with Crippen LogP contribution < -0.4 is 5.32 Å². The number of hydrogen-bond acceptors (Lipinski definition) is 4. The first-order valence-corrected chi connectivity index (χ1v) is 4.95. The van der Waals surface area contributed by atoms with Gasteiger partial charge >= 0.3 is 0 Å². The Morgan fingerprint density at radius 3 is 2.94 bits per heavy atom. The number of phenolic OH excluding ortho intramolecular Hbond substituents is 2. The van der Waals surface area contributed by atoms with E-state index in [1.54, 1.807) is 12.4 Å². The maximum atomic E-state index is 11.7. The molecule has 4 N–H and O–H groups in total. The zero-order valence-corrected chi connectivity index (χ0v) is 8.84.